The molecular weight excluding hydrogens is 310 g/mol. The van der Waals surface area contributed by atoms with Gasteiger partial charge in [0.2, 0.25) is 0 Å². The van der Waals surface area contributed by atoms with E-state index in [1.807, 2.05) is 0 Å². The summed E-state index contributed by atoms with van der Waals surface area (Å²) in [5.41, 5.74) is 0.0216. The molecule has 0 saturated carbocycles. The van der Waals surface area contributed by atoms with Crippen LogP contribution in [-0.2, 0) is 10.1 Å². The second kappa shape index (κ2) is 6.02. The molecular formula is C14H13NO6S. The Labute approximate surface area is 127 Å². The number of nitrogens with zero attached hydrogens (tertiary/aromatic N) is 1. The molecule has 0 spiro atoms. The highest BCUT2D eigenvalue weighted by Crippen LogP contribution is 2.30. The standard InChI is InChI=1S/C14H13NO6S/c1-10-7-8-11(15(16)17)9-14(10)22(18,19)21-13-6-4-3-5-12(13)20-2/h3-9H,1-2H3. The average molecular weight is 323 g/mol. The van der Waals surface area contributed by atoms with Crippen molar-refractivity contribution in [2.75, 3.05) is 7.11 Å². The molecule has 22 heavy (non-hydrogen) atoms. The lowest BCUT2D eigenvalue weighted by molar-refractivity contribution is -0.385. The van der Waals surface area contributed by atoms with Gasteiger partial charge in [-0.15, -0.1) is 0 Å². The Bertz CT molecular complexity index is 816. The lowest BCUT2D eigenvalue weighted by atomic mass is 10.2. The zero-order chi connectivity index (χ0) is 16.3. The summed E-state index contributed by atoms with van der Waals surface area (Å²) in [6.45, 7) is 1.53. The molecule has 8 heteroatoms. The molecule has 2 rings (SSSR count). The highest BCUT2D eigenvalue weighted by atomic mass is 32.2. The van der Waals surface area contributed by atoms with E-state index in [0.717, 1.165) is 6.07 Å². The Morgan fingerprint density at radius 1 is 1.09 bits per heavy atom. The number of non-ortho nitro benzene ring substituents is 1. The Morgan fingerprint density at radius 2 is 1.73 bits per heavy atom. The van der Waals surface area contributed by atoms with Crippen molar-refractivity contribution in [1.82, 2.24) is 0 Å². The summed E-state index contributed by atoms with van der Waals surface area (Å²) >= 11 is 0. The second-order valence-corrected chi connectivity index (χ2v) is 5.91. The summed E-state index contributed by atoms with van der Waals surface area (Å²) in [4.78, 5) is 9.88. The fraction of sp³-hybridized carbons (Fsp3) is 0.143. The summed E-state index contributed by atoms with van der Waals surface area (Å²) in [5, 5.41) is 10.8. The Balaban J connectivity index is 2.47. The Morgan fingerprint density at radius 3 is 2.32 bits per heavy atom. The van der Waals surface area contributed by atoms with Crippen molar-refractivity contribution in [3.8, 4) is 11.5 Å². The molecule has 0 aliphatic carbocycles. The number of methoxy groups -OCH3 is 1. The summed E-state index contributed by atoms with van der Waals surface area (Å²) < 4.78 is 34.8. The molecule has 0 fully saturated rings. The topological polar surface area (TPSA) is 95.7 Å². The van der Waals surface area contributed by atoms with Crippen LogP contribution in [0.1, 0.15) is 5.56 Å². The van der Waals surface area contributed by atoms with Gasteiger partial charge < -0.3 is 8.92 Å². The molecule has 0 aromatic heterocycles. The Kier molecular flexibility index (Phi) is 4.32. The van der Waals surface area contributed by atoms with Crippen LogP contribution < -0.4 is 8.92 Å². The van der Waals surface area contributed by atoms with Gasteiger partial charge in [0.1, 0.15) is 4.90 Å². The van der Waals surface area contributed by atoms with Gasteiger partial charge in [-0.2, -0.15) is 8.42 Å². The molecule has 0 aliphatic heterocycles. The quantitative estimate of drug-likeness (QED) is 0.477. The number of rotatable bonds is 5. The minimum atomic E-state index is -4.22. The molecule has 116 valence electrons. The van der Waals surface area contributed by atoms with Crippen molar-refractivity contribution in [1.29, 1.82) is 0 Å². The largest absolute Gasteiger partial charge is 0.493 e. The van der Waals surface area contributed by atoms with Crippen molar-refractivity contribution in [2.24, 2.45) is 0 Å². The lowest BCUT2D eigenvalue weighted by Gasteiger charge is -2.11. The first-order chi connectivity index (χ1) is 10.3. The predicted octanol–water partition coefficient (Wildman–Crippen LogP) is 2.68. The van der Waals surface area contributed by atoms with E-state index >= 15 is 0 Å². The van der Waals surface area contributed by atoms with Crippen LogP contribution in [0.4, 0.5) is 5.69 Å². The molecule has 0 radical (unpaired) electrons. The van der Waals surface area contributed by atoms with Crippen LogP contribution in [0.3, 0.4) is 0 Å². The van der Waals surface area contributed by atoms with E-state index in [0.29, 0.717) is 5.56 Å². The first-order valence-corrected chi connectivity index (χ1v) is 7.58. The maximum atomic E-state index is 12.4. The van der Waals surface area contributed by atoms with Crippen LogP contribution in [0.2, 0.25) is 0 Å². The molecule has 2 aromatic carbocycles. The molecule has 0 aliphatic rings. The van der Waals surface area contributed by atoms with E-state index in [2.05, 4.69) is 0 Å². The highest BCUT2D eigenvalue weighted by Gasteiger charge is 2.23. The van der Waals surface area contributed by atoms with Gasteiger partial charge in [0, 0.05) is 12.1 Å². The van der Waals surface area contributed by atoms with E-state index in [9.17, 15) is 18.5 Å². The van der Waals surface area contributed by atoms with Crippen molar-refractivity contribution in [3.05, 3.63) is 58.1 Å². The lowest BCUT2D eigenvalue weighted by Crippen LogP contribution is -2.12. The van der Waals surface area contributed by atoms with Crippen LogP contribution in [0, 0.1) is 17.0 Å². The van der Waals surface area contributed by atoms with Crippen LogP contribution in [0.15, 0.2) is 47.4 Å². The van der Waals surface area contributed by atoms with Crippen molar-refractivity contribution in [2.45, 2.75) is 11.8 Å². The molecule has 0 bridgehead atoms. The number of hydrogen-bond acceptors (Lipinski definition) is 6. The summed E-state index contributed by atoms with van der Waals surface area (Å²) in [7, 11) is -2.83. The van der Waals surface area contributed by atoms with E-state index in [1.165, 1.54) is 32.2 Å². The van der Waals surface area contributed by atoms with E-state index in [1.54, 1.807) is 18.2 Å². The first kappa shape index (κ1) is 15.8. The third-order valence-electron chi connectivity index (χ3n) is 2.92. The van der Waals surface area contributed by atoms with E-state index in [4.69, 9.17) is 8.92 Å². The Hall–Kier alpha value is -2.61. The second-order valence-electron chi connectivity index (χ2n) is 4.40. The number of aryl methyl sites for hydroxylation is 1. The fourth-order valence-electron chi connectivity index (χ4n) is 1.82. The van der Waals surface area contributed by atoms with Gasteiger partial charge in [-0.3, -0.25) is 10.1 Å². The number of nitro benzene ring substituents is 1. The van der Waals surface area contributed by atoms with Gasteiger partial charge in [0.15, 0.2) is 11.5 Å². The zero-order valence-electron chi connectivity index (χ0n) is 11.8. The molecule has 0 N–H and O–H groups in total. The first-order valence-electron chi connectivity index (χ1n) is 6.17. The van der Waals surface area contributed by atoms with Crippen molar-refractivity contribution in [3.63, 3.8) is 0 Å². The van der Waals surface area contributed by atoms with Crippen molar-refractivity contribution >= 4 is 15.8 Å². The maximum absolute atomic E-state index is 12.4. The third-order valence-corrected chi connectivity index (χ3v) is 4.30. The van der Waals surface area contributed by atoms with Crippen molar-refractivity contribution < 1.29 is 22.3 Å². The SMILES string of the molecule is COc1ccccc1OS(=O)(=O)c1cc([N+](=O)[O-])ccc1C. The highest BCUT2D eigenvalue weighted by molar-refractivity contribution is 7.87. The van der Waals surface area contributed by atoms with E-state index < -0.39 is 15.0 Å². The number of ether oxygens (including phenoxy) is 1. The minimum absolute atomic E-state index is 0.0101. The monoisotopic (exact) mass is 323 g/mol. The van der Waals surface area contributed by atoms with Crippen LogP contribution in [-0.4, -0.2) is 20.5 Å². The number of nitro groups is 1. The van der Waals surface area contributed by atoms with Crippen LogP contribution >= 0.6 is 0 Å². The summed E-state index contributed by atoms with van der Waals surface area (Å²) in [5.74, 6) is 0.255. The minimum Gasteiger partial charge on any atom is -0.493 e. The summed E-state index contributed by atoms with van der Waals surface area (Å²) in [6.07, 6.45) is 0. The van der Waals surface area contributed by atoms with Gasteiger partial charge in [-0.25, -0.2) is 0 Å². The average Bonchev–Trinajstić information content (AvgIpc) is 2.47. The molecule has 7 nitrogen and oxygen atoms in total. The van der Waals surface area contributed by atoms with Gasteiger partial charge in [-0.1, -0.05) is 18.2 Å². The molecule has 0 amide bonds. The molecule has 0 heterocycles. The predicted molar refractivity (Wildman–Crippen MR) is 78.6 cm³/mol. The van der Waals surface area contributed by atoms with Gasteiger partial charge in [-0.05, 0) is 24.6 Å². The zero-order valence-corrected chi connectivity index (χ0v) is 12.7. The smallest absolute Gasteiger partial charge is 0.339 e. The number of hydrogen-bond donors (Lipinski definition) is 0. The van der Waals surface area contributed by atoms with Crippen LogP contribution in [0.5, 0.6) is 11.5 Å². The molecule has 2 aromatic rings. The van der Waals surface area contributed by atoms with Gasteiger partial charge in [0.05, 0.1) is 12.0 Å². The molecule has 0 saturated heterocycles. The van der Waals surface area contributed by atoms with Gasteiger partial charge >= 0.3 is 10.1 Å². The molecule has 0 unspecified atom stereocenters. The van der Waals surface area contributed by atoms with Gasteiger partial charge in [0.25, 0.3) is 5.69 Å². The third kappa shape index (κ3) is 3.17. The molecule has 0 atom stereocenters. The fourth-order valence-corrected chi connectivity index (χ4v) is 3.01. The summed E-state index contributed by atoms with van der Waals surface area (Å²) in [6, 6.07) is 9.80. The number of benzene rings is 2. The number of para-hydroxylation sites is 2. The van der Waals surface area contributed by atoms with E-state index in [-0.39, 0.29) is 22.1 Å². The maximum Gasteiger partial charge on any atom is 0.339 e. The normalized spacial score (nSPS) is 11.0. The van der Waals surface area contributed by atoms with Crippen LogP contribution in [0.25, 0.3) is 0 Å².